The molecule has 6 heteroatoms. The van der Waals surface area contributed by atoms with E-state index in [0.29, 0.717) is 16.7 Å². The van der Waals surface area contributed by atoms with Crippen LogP contribution in [0.1, 0.15) is 37.6 Å². The van der Waals surface area contributed by atoms with Crippen molar-refractivity contribution < 1.29 is 4.74 Å². The van der Waals surface area contributed by atoms with E-state index in [4.69, 9.17) is 9.72 Å². The molecule has 0 unspecified atom stereocenters. The van der Waals surface area contributed by atoms with Gasteiger partial charge < -0.3 is 4.74 Å². The van der Waals surface area contributed by atoms with E-state index in [1.54, 1.807) is 19.4 Å². The number of fused-ring (bicyclic) bond motifs is 1. The molecule has 5 nitrogen and oxygen atoms in total. The molecular formula is C20H20BrN3O2. The van der Waals surface area contributed by atoms with Gasteiger partial charge in [0.05, 0.1) is 24.2 Å². The summed E-state index contributed by atoms with van der Waals surface area (Å²) in [7, 11) is 1.62. The number of aromatic nitrogens is 2. The number of rotatable bonds is 5. The average Bonchev–Trinajstić information content (AvgIpc) is 2.67. The lowest BCUT2D eigenvalue weighted by Gasteiger charge is -2.14. The summed E-state index contributed by atoms with van der Waals surface area (Å²) in [5.41, 5.74) is 1.39. The molecule has 134 valence electrons. The highest BCUT2D eigenvalue weighted by Crippen LogP contribution is 2.21. The van der Waals surface area contributed by atoms with Gasteiger partial charge in [0.2, 0.25) is 0 Å². The first-order valence-corrected chi connectivity index (χ1v) is 9.23. The summed E-state index contributed by atoms with van der Waals surface area (Å²) in [5.74, 6) is 1.55. The largest absolute Gasteiger partial charge is 0.497 e. The minimum absolute atomic E-state index is 0.115. The molecule has 1 atom stereocenters. The topological polar surface area (TPSA) is 56.5 Å². The Bertz CT molecular complexity index is 1010. The van der Waals surface area contributed by atoms with Crippen molar-refractivity contribution in [1.29, 1.82) is 0 Å². The van der Waals surface area contributed by atoms with Crippen LogP contribution in [0.25, 0.3) is 10.9 Å². The third-order valence-corrected chi connectivity index (χ3v) is 4.82. The van der Waals surface area contributed by atoms with Gasteiger partial charge in [0.25, 0.3) is 5.56 Å². The van der Waals surface area contributed by atoms with E-state index in [1.165, 1.54) is 4.68 Å². The zero-order valence-corrected chi connectivity index (χ0v) is 16.5. The maximum atomic E-state index is 13.0. The van der Waals surface area contributed by atoms with E-state index in [2.05, 4.69) is 28.0 Å². The molecule has 1 aromatic heterocycles. The molecule has 0 aliphatic heterocycles. The molecule has 0 bridgehead atoms. The number of halogens is 1. The maximum absolute atomic E-state index is 13.0. The average molecular weight is 414 g/mol. The minimum Gasteiger partial charge on any atom is -0.497 e. The highest BCUT2D eigenvalue weighted by atomic mass is 79.9. The van der Waals surface area contributed by atoms with Crippen molar-refractivity contribution in [2.45, 2.75) is 26.2 Å². The SMILES string of the molecule is CC[C@@H](C)c1nc2ccc(Br)cc2c(=O)n1N=Cc1ccc(OC)cc1. The van der Waals surface area contributed by atoms with Crippen molar-refractivity contribution >= 4 is 33.0 Å². The Morgan fingerprint density at radius 3 is 2.65 bits per heavy atom. The first kappa shape index (κ1) is 18.3. The molecule has 0 aliphatic carbocycles. The molecule has 26 heavy (non-hydrogen) atoms. The van der Waals surface area contributed by atoms with Crippen LogP contribution < -0.4 is 10.3 Å². The molecular weight excluding hydrogens is 394 g/mol. The highest BCUT2D eigenvalue weighted by molar-refractivity contribution is 9.10. The lowest BCUT2D eigenvalue weighted by atomic mass is 10.1. The van der Waals surface area contributed by atoms with Crippen LogP contribution in [0, 0.1) is 0 Å². The van der Waals surface area contributed by atoms with Crippen molar-refractivity contribution in [3.05, 3.63) is 68.7 Å². The van der Waals surface area contributed by atoms with Crippen LogP contribution >= 0.6 is 15.9 Å². The predicted octanol–water partition coefficient (Wildman–Crippen LogP) is 4.56. The van der Waals surface area contributed by atoms with Crippen molar-refractivity contribution in [2.24, 2.45) is 5.10 Å². The van der Waals surface area contributed by atoms with Gasteiger partial charge in [-0.15, -0.1) is 0 Å². The van der Waals surface area contributed by atoms with Crippen LogP contribution in [0.15, 0.2) is 56.8 Å². The quantitative estimate of drug-likeness (QED) is 0.575. The summed E-state index contributed by atoms with van der Waals surface area (Å²) in [5, 5.41) is 4.98. The van der Waals surface area contributed by atoms with Gasteiger partial charge in [-0.2, -0.15) is 9.78 Å². The van der Waals surface area contributed by atoms with Crippen molar-refractivity contribution in [3.8, 4) is 5.75 Å². The van der Waals surface area contributed by atoms with E-state index in [1.807, 2.05) is 43.3 Å². The Kier molecular flexibility index (Phi) is 5.52. The number of nitrogens with zero attached hydrogens (tertiary/aromatic N) is 3. The summed E-state index contributed by atoms with van der Waals surface area (Å²) >= 11 is 3.42. The van der Waals surface area contributed by atoms with Crippen LogP contribution in [-0.4, -0.2) is 23.0 Å². The molecule has 0 saturated carbocycles. The minimum atomic E-state index is -0.170. The Labute approximate surface area is 160 Å². The van der Waals surface area contributed by atoms with E-state index in [0.717, 1.165) is 22.2 Å². The fourth-order valence-electron chi connectivity index (χ4n) is 2.59. The van der Waals surface area contributed by atoms with Crippen LogP contribution in [0.3, 0.4) is 0 Å². The Morgan fingerprint density at radius 2 is 2.00 bits per heavy atom. The van der Waals surface area contributed by atoms with Gasteiger partial charge in [-0.25, -0.2) is 4.98 Å². The predicted molar refractivity (Wildman–Crippen MR) is 108 cm³/mol. The van der Waals surface area contributed by atoms with Gasteiger partial charge in [-0.1, -0.05) is 29.8 Å². The summed E-state index contributed by atoms with van der Waals surface area (Å²) in [4.78, 5) is 17.7. The number of ether oxygens (including phenoxy) is 1. The fraction of sp³-hybridized carbons (Fsp3) is 0.250. The molecule has 0 fully saturated rings. The molecule has 0 aliphatic rings. The van der Waals surface area contributed by atoms with Gasteiger partial charge in [-0.3, -0.25) is 4.79 Å². The second-order valence-corrected chi connectivity index (χ2v) is 6.99. The van der Waals surface area contributed by atoms with Gasteiger partial charge in [0.15, 0.2) is 0 Å². The molecule has 3 aromatic rings. The molecule has 0 spiro atoms. The second kappa shape index (κ2) is 7.83. The third-order valence-electron chi connectivity index (χ3n) is 4.32. The molecule has 2 aromatic carbocycles. The molecule has 0 radical (unpaired) electrons. The Hall–Kier alpha value is -2.47. The highest BCUT2D eigenvalue weighted by Gasteiger charge is 2.15. The van der Waals surface area contributed by atoms with E-state index < -0.39 is 0 Å². The van der Waals surface area contributed by atoms with E-state index >= 15 is 0 Å². The van der Waals surface area contributed by atoms with Crippen LogP contribution in [0.4, 0.5) is 0 Å². The van der Waals surface area contributed by atoms with Gasteiger partial charge in [0, 0.05) is 10.4 Å². The van der Waals surface area contributed by atoms with Gasteiger partial charge in [-0.05, 0) is 54.4 Å². The number of benzene rings is 2. The molecule has 0 amide bonds. The molecule has 1 heterocycles. The first-order valence-electron chi connectivity index (χ1n) is 8.44. The number of hydrogen-bond donors (Lipinski definition) is 0. The van der Waals surface area contributed by atoms with Crippen LogP contribution in [0.2, 0.25) is 0 Å². The van der Waals surface area contributed by atoms with Crippen molar-refractivity contribution in [2.75, 3.05) is 7.11 Å². The van der Waals surface area contributed by atoms with Crippen molar-refractivity contribution in [3.63, 3.8) is 0 Å². The number of methoxy groups -OCH3 is 1. The lowest BCUT2D eigenvalue weighted by Crippen LogP contribution is -2.23. The zero-order valence-electron chi connectivity index (χ0n) is 14.9. The normalized spacial score (nSPS) is 12.6. The summed E-state index contributed by atoms with van der Waals surface area (Å²) in [6, 6.07) is 13.0. The standard InChI is InChI=1S/C20H20BrN3O2/c1-4-13(2)19-23-18-10-7-15(21)11-17(18)20(25)24(19)22-12-14-5-8-16(26-3)9-6-14/h5-13H,4H2,1-3H3/t13-/m1/s1. The smallest absolute Gasteiger partial charge is 0.282 e. The summed E-state index contributed by atoms with van der Waals surface area (Å²) in [6.07, 6.45) is 2.53. The lowest BCUT2D eigenvalue weighted by molar-refractivity contribution is 0.415. The van der Waals surface area contributed by atoms with Crippen LogP contribution in [-0.2, 0) is 0 Å². The second-order valence-electron chi connectivity index (χ2n) is 6.08. The monoisotopic (exact) mass is 413 g/mol. The first-order chi connectivity index (χ1) is 12.5. The van der Waals surface area contributed by atoms with E-state index in [9.17, 15) is 4.79 Å². The zero-order chi connectivity index (χ0) is 18.7. The Balaban J connectivity index is 2.13. The fourth-order valence-corrected chi connectivity index (χ4v) is 2.95. The van der Waals surface area contributed by atoms with Gasteiger partial charge >= 0.3 is 0 Å². The maximum Gasteiger partial charge on any atom is 0.282 e. The molecule has 0 saturated heterocycles. The summed E-state index contributed by atoms with van der Waals surface area (Å²) < 4.78 is 7.41. The number of hydrogen-bond acceptors (Lipinski definition) is 4. The molecule has 3 rings (SSSR count). The van der Waals surface area contributed by atoms with Crippen molar-refractivity contribution in [1.82, 2.24) is 9.66 Å². The Morgan fingerprint density at radius 1 is 1.27 bits per heavy atom. The van der Waals surface area contributed by atoms with Gasteiger partial charge in [0.1, 0.15) is 11.6 Å². The van der Waals surface area contributed by atoms with E-state index in [-0.39, 0.29) is 11.5 Å². The van der Waals surface area contributed by atoms with Crippen LogP contribution in [0.5, 0.6) is 5.75 Å². The molecule has 0 N–H and O–H groups in total. The third kappa shape index (κ3) is 3.70. The summed E-state index contributed by atoms with van der Waals surface area (Å²) in [6.45, 7) is 4.12.